The molecule has 9 nitrogen and oxygen atoms in total. The Kier molecular flexibility index (Phi) is 7.21. The van der Waals surface area contributed by atoms with Gasteiger partial charge in [-0.05, 0) is 18.6 Å². The van der Waals surface area contributed by atoms with Crippen LogP contribution >= 0.6 is 0 Å². The molecule has 2 aromatic rings. The number of non-ortho nitro benzene ring substituents is 1. The van der Waals surface area contributed by atoms with Crippen molar-refractivity contribution in [2.75, 3.05) is 6.54 Å². The molecule has 0 saturated heterocycles. The van der Waals surface area contributed by atoms with Crippen LogP contribution in [0.1, 0.15) is 22.8 Å². The summed E-state index contributed by atoms with van der Waals surface area (Å²) in [6.07, 6.45) is 0. The van der Waals surface area contributed by atoms with Crippen molar-refractivity contribution in [3.63, 3.8) is 0 Å². The van der Waals surface area contributed by atoms with Crippen LogP contribution in [0.25, 0.3) is 0 Å². The van der Waals surface area contributed by atoms with Gasteiger partial charge in [-0.1, -0.05) is 36.4 Å². The summed E-state index contributed by atoms with van der Waals surface area (Å²) in [4.78, 5) is 46.1. The average molecular weight is 384 g/mol. The maximum Gasteiger partial charge on any atom is 0.270 e. The van der Waals surface area contributed by atoms with Crippen molar-refractivity contribution in [3.05, 3.63) is 75.8 Å². The Morgan fingerprint density at radius 3 is 2.43 bits per heavy atom. The Balaban J connectivity index is 1.78. The number of benzene rings is 2. The van der Waals surface area contributed by atoms with Gasteiger partial charge in [0.15, 0.2) is 0 Å². The summed E-state index contributed by atoms with van der Waals surface area (Å²) in [5, 5.41) is 18.3. The first-order chi connectivity index (χ1) is 13.4. The van der Waals surface area contributed by atoms with E-state index in [1.165, 1.54) is 25.1 Å². The monoisotopic (exact) mass is 384 g/mol. The van der Waals surface area contributed by atoms with Gasteiger partial charge in [0.05, 0.1) is 11.5 Å². The number of rotatable bonds is 8. The zero-order valence-electron chi connectivity index (χ0n) is 15.2. The maximum absolute atomic E-state index is 12.0. The Morgan fingerprint density at radius 2 is 1.75 bits per heavy atom. The second kappa shape index (κ2) is 9.81. The molecule has 3 amide bonds. The van der Waals surface area contributed by atoms with E-state index in [1.54, 1.807) is 0 Å². The van der Waals surface area contributed by atoms with Crippen LogP contribution in [0.2, 0.25) is 0 Å². The minimum absolute atomic E-state index is 0.0654. The van der Waals surface area contributed by atoms with Crippen molar-refractivity contribution < 1.29 is 19.3 Å². The fourth-order valence-electron chi connectivity index (χ4n) is 2.32. The molecule has 0 radical (unpaired) electrons. The molecule has 2 aromatic carbocycles. The van der Waals surface area contributed by atoms with Gasteiger partial charge in [0.2, 0.25) is 11.8 Å². The van der Waals surface area contributed by atoms with Gasteiger partial charge in [0.25, 0.3) is 11.6 Å². The first kappa shape index (κ1) is 20.6. The van der Waals surface area contributed by atoms with E-state index in [9.17, 15) is 24.5 Å². The number of nitro benzene ring substituents is 1. The van der Waals surface area contributed by atoms with Gasteiger partial charge in [-0.2, -0.15) is 0 Å². The van der Waals surface area contributed by atoms with Crippen LogP contribution in [-0.2, 0) is 16.1 Å². The van der Waals surface area contributed by atoms with E-state index >= 15 is 0 Å². The van der Waals surface area contributed by atoms with Crippen molar-refractivity contribution in [3.8, 4) is 0 Å². The van der Waals surface area contributed by atoms with Crippen molar-refractivity contribution in [1.82, 2.24) is 16.0 Å². The maximum atomic E-state index is 12.0. The summed E-state index contributed by atoms with van der Waals surface area (Å²) >= 11 is 0. The fraction of sp³-hybridized carbons (Fsp3) is 0.211. The number of nitrogens with one attached hydrogen (secondary N) is 3. The minimum Gasteiger partial charge on any atom is -0.350 e. The Bertz CT molecular complexity index is 870. The lowest BCUT2D eigenvalue weighted by molar-refractivity contribution is -0.384. The number of amides is 3. The first-order valence-corrected chi connectivity index (χ1v) is 8.50. The summed E-state index contributed by atoms with van der Waals surface area (Å²) in [7, 11) is 0. The highest BCUT2D eigenvalue weighted by Gasteiger charge is 2.17. The number of nitro groups is 1. The minimum atomic E-state index is -0.786. The molecule has 1 atom stereocenters. The molecule has 0 heterocycles. The van der Waals surface area contributed by atoms with E-state index in [1.807, 2.05) is 30.3 Å². The third kappa shape index (κ3) is 6.20. The van der Waals surface area contributed by atoms with Crippen LogP contribution in [0.15, 0.2) is 54.6 Å². The third-order valence-corrected chi connectivity index (χ3v) is 3.81. The van der Waals surface area contributed by atoms with E-state index in [4.69, 9.17) is 0 Å². The van der Waals surface area contributed by atoms with Crippen LogP contribution in [0.4, 0.5) is 5.69 Å². The third-order valence-electron chi connectivity index (χ3n) is 3.81. The molecular formula is C19H20N4O5. The topological polar surface area (TPSA) is 130 Å². The summed E-state index contributed by atoms with van der Waals surface area (Å²) in [5.41, 5.74) is 0.773. The Hall–Kier alpha value is -3.75. The molecule has 0 aliphatic heterocycles. The molecule has 146 valence electrons. The van der Waals surface area contributed by atoms with Crippen LogP contribution in [0.5, 0.6) is 0 Å². The predicted molar refractivity (Wildman–Crippen MR) is 101 cm³/mol. The number of carbonyl (C=O) groups excluding carboxylic acids is 3. The normalized spacial score (nSPS) is 11.2. The number of hydrogen-bond acceptors (Lipinski definition) is 5. The van der Waals surface area contributed by atoms with E-state index < -0.39 is 22.8 Å². The summed E-state index contributed by atoms with van der Waals surface area (Å²) < 4.78 is 0. The van der Waals surface area contributed by atoms with Crippen molar-refractivity contribution in [2.45, 2.75) is 19.5 Å². The quantitative estimate of drug-likeness (QED) is 0.464. The number of carbonyl (C=O) groups is 3. The van der Waals surface area contributed by atoms with Gasteiger partial charge >= 0.3 is 0 Å². The van der Waals surface area contributed by atoms with E-state index in [0.29, 0.717) is 6.54 Å². The second-order valence-electron chi connectivity index (χ2n) is 5.98. The summed E-state index contributed by atoms with van der Waals surface area (Å²) in [6.45, 7) is 1.50. The zero-order valence-corrected chi connectivity index (χ0v) is 15.2. The highest BCUT2D eigenvalue weighted by Crippen LogP contribution is 2.12. The molecular weight excluding hydrogens is 364 g/mol. The predicted octanol–water partition coefficient (Wildman–Crippen LogP) is 1.15. The van der Waals surface area contributed by atoms with E-state index in [2.05, 4.69) is 16.0 Å². The number of nitrogens with zero attached hydrogens (tertiary/aromatic N) is 1. The molecule has 28 heavy (non-hydrogen) atoms. The van der Waals surface area contributed by atoms with Gasteiger partial charge in [0.1, 0.15) is 6.04 Å². The lowest BCUT2D eigenvalue weighted by Crippen LogP contribution is -2.47. The summed E-state index contributed by atoms with van der Waals surface area (Å²) in [5.74, 6) is -1.54. The van der Waals surface area contributed by atoms with Gasteiger partial charge in [0, 0.05) is 24.2 Å². The fourth-order valence-corrected chi connectivity index (χ4v) is 2.32. The Morgan fingerprint density at radius 1 is 1.04 bits per heavy atom. The molecule has 9 heteroatoms. The van der Waals surface area contributed by atoms with Crippen LogP contribution in [0, 0.1) is 10.1 Å². The lowest BCUT2D eigenvalue weighted by Gasteiger charge is -2.14. The van der Waals surface area contributed by atoms with E-state index in [-0.39, 0.29) is 23.7 Å². The number of hydrogen-bond donors (Lipinski definition) is 3. The van der Waals surface area contributed by atoms with Gasteiger partial charge in [-0.3, -0.25) is 24.5 Å². The van der Waals surface area contributed by atoms with Crippen LogP contribution < -0.4 is 16.0 Å². The first-order valence-electron chi connectivity index (χ1n) is 8.50. The van der Waals surface area contributed by atoms with Gasteiger partial charge in [-0.25, -0.2) is 0 Å². The molecule has 0 saturated carbocycles. The van der Waals surface area contributed by atoms with Crippen LogP contribution in [0.3, 0.4) is 0 Å². The molecule has 0 fully saturated rings. The van der Waals surface area contributed by atoms with Gasteiger partial charge in [-0.15, -0.1) is 0 Å². The standard InChI is InChI=1S/C19H20N4O5/c1-13(18(25)20-11-14-6-3-2-4-7-14)22-17(24)12-21-19(26)15-8-5-9-16(10-15)23(27)28/h2-10,13H,11-12H2,1H3,(H,20,25)(H,21,26)(H,22,24). The largest absolute Gasteiger partial charge is 0.350 e. The molecule has 1 unspecified atom stereocenters. The Labute approximate surface area is 161 Å². The second-order valence-corrected chi connectivity index (χ2v) is 5.98. The molecule has 0 aliphatic carbocycles. The molecule has 0 aliphatic rings. The summed E-state index contributed by atoms with van der Waals surface area (Å²) in [6, 6.07) is 13.7. The zero-order chi connectivity index (χ0) is 20.5. The molecule has 3 N–H and O–H groups in total. The lowest BCUT2D eigenvalue weighted by atomic mass is 10.2. The SMILES string of the molecule is CC(NC(=O)CNC(=O)c1cccc([N+](=O)[O-])c1)C(=O)NCc1ccccc1. The van der Waals surface area contributed by atoms with Crippen molar-refractivity contribution >= 4 is 23.4 Å². The highest BCUT2D eigenvalue weighted by atomic mass is 16.6. The van der Waals surface area contributed by atoms with Crippen molar-refractivity contribution in [1.29, 1.82) is 0 Å². The molecule has 0 bridgehead atoms. The van der Waals surface area contributed by atoms with E-state index in [0.717, 1.165) is 11.6 Å². The molecule has 0 aromatic heterocycles. The highest BCUT2D eigenvalue weighted by molar-refractivity contribution is 5.97. The smallest absolute Gasteiger partial charge is 0.270 e. The molecule has 0 spiro atoms. The van der Waals surface area contributed by atoms with Gasteiger partial charge < -0.3 is 16.0 Å². The van der Waals surface area contributed by atoms with Crippen molar-refractivity contribution in [2.24, 2.45) is 0 Å². The average Bonchev–Trinajstić information content (AvgIpc) is 2.70. The molecule has 2 rings (SSSR count). The van der Waals surface area contributed by atoms with Crippen LogP contribution in [-0.4, -0.2) is 35.2 Å².